The van der Waals surface area contributed by atoms with Gasteiger partial charge in [-0.1, -0.05) is 42.5 Å². The largest absolute Gasteiger partial charge is 0.383 e. The minimum Gasteiger partial charge on any atom is -0.383 e. The van der Waals surface area contributed by atoms with Gasteiger partial charge in [0, 0.05) is 25.9 Å². The lowest BCUT2D eigenvalue weighted by Gasteiger charge is -2.19. The van der Waals surface area contributed by atoms with Crippen LogP contribution in [-0.4, -0.2) is 17.0 Å². The number of benzene rings is 2. The molecule has 0 aliphatic heterocycles. The molecule has 0 aliphatic rings. The van der Waals surface area contributed by atoms with Crippen LogP contribution in [-0.2, 0) is 6.54 Å². The van der Waals surface area contributed by atoms with Crippen molar-refractivity contribution in [1.29, 1.82) is 0 Å². The highest BCUT2D eigenvalue weighted by atomic mass is 16.6. The van der Waals surface area contributed by atoms with Crippen LogP contribution in [0, 0.1) is 10.1 Å². The monoisotopic (exact) mass is 348 g/mol. The van der Waals surface area contributed by atoms with Crippen LogP contribution in [0.5, 0.6) is 0 Å². The van der Waals surface area contributed by atoms with Gasteiger partial charge < -0.3 is 10.6 Å². The summed E-state index contributed by atoms with van der Waals surface area (Å²) in [7, 11) is 1.67. The van der Waals surface area contributed by atoms with E-state index in [2.05, 4.69) is 15.6 Å². The molecule has 26 heavy (non-hydrogen) atoms. The van der Waals surface area contributed by atoms with E-state index in [-0.39, 0.29) is 16.7 Å². The third-order valence-electron chi connectivity index (χ3n) is 4.15. The molecular formula is C20H20N4O2. The van der Waals surface area contributed by atoms with Gasteiger partial charge in [-0.2, -0.15) is 0 Å². The van der Waals surface area contributed by atoms with Crippen LogP contribution in [0.15, 0.2) is 72.9 Å². The molecular weight excluding hydrogens is 328 g/mol. The Morgan fingerprint density at radius 2 is 1.85 bits per heavy atom. The molecule has 2 N–H and O–H groups in total. The molecule has 0 aliphatic carbocycles. The predicted octanol–water partition coefficient (Wildman–Crippen LogP) is 3.91. The second-order valence-electron chi connectivity index (χ2n) is 5.84. The maximum atomic E-state index is 11.2. The molecule has 0 fully saturated rings. The van der Waals surface area contributed by atoms with E-state index in [4.69, 9.17) is 0 Å². The van der Waals surface area contributed by atoms with Gasteiger partial charge in [0.05, 0.1) is 16.7 Å². The number of rotatable bonds is 7. The van der Waals surface area contributed by atoms with E-state index >= 15 is 0 Å². The van der Waals surface area contributed by atoms with Crippen LogP contribution in [0.4, 0.5) is 11.4 Å². The van der Waals surface area contributed by atoms with Crippen LogP contribution in [0.3, 0.4) is 0 Å². The zero-order valence-electron chi connectivity index (χ0n) is 14.4. The summed E-state index contributed by atoms with van der Waals surface area (Å²) in [5, 5.41) is 17.6. The summed E-state index contributed by atoms with van der Waals surface area (Å²) in [5.41, 5.74) is 3.41. The summed E-state index contributed by atoms with van der Waals surface area (Å²) in [6.07, 6.45) is 1.76. The van der Waals surface area contributed by atoms with E-state index in [0.717, 1.165) is 16.8 Å². The Morgan fingerprint density at radius 3 is 2.50 bits per heavy atom. The molecule has 0 bridgehead atoms. The van der Waals surface area contributed by atoms with Gasteiger partial charge in [-0.05, 0) is 29.3 Å². The first-order valence-electron chi connectivity index (χ1n) is 8.33. The standard InChI is InChI=1S/C20H20N4O2/c1-21-17-11-10-15(13-19(17)24(25)26)14-23-20(16-7-3-2-4-8-16)18-9-5-6-12-22-18/h2-13,20-21,23H,14H2,1H3. The summed E-state index contributed by atoms with van der Waals surface area (Å²) in [6, 6.07) is 20.9. The number of nitrogens with one attached hydrogen (secondary N) is 2. The van der Waals surface area contributed by atoms with Crippen molar-refractivity contribution in [3.05, 3.63) is 99.9 Å². The Labute approximate surface area is 152 Å². The molecule has 0 saturated carbocycles. The van der Waals surface area contributed by atoms with E-state index in [1.807, 2.05) is 54.6 Å². The minimum absolute atomic E-state index is 0.0703. The number of hydrogen-bond donors (Lipinski definition) is 2. The van der Waals surface area contributed by atoms with Gasteiger partial charge in [-0.3, -0.25) is 15.1 Å². The molecule has 0 radical (unpaired) electrons. The molecule has 1 unspecified atom stereocenters. The number of anilines is 1. The first-order valence-corrected chi connectivity index (χ1v) is 8.33. The first-order chi connectivity index (χ1) is 12.7. The molecule has 1 aromatic heterocycles. The molecule has 1 atom stereocenters. The molecule has 0 spiro atoms. The third-order valence-corrected chi connectivity index (χ3v) is 4.15. The highest BCUT2D eigenvalue weighted by molar-refractivity contribution is 5.62. The summed E-state index contributed by atoms with van der Waals surface area (Å²) in [4.78, 5) is 15.3. The van der Waals surface area contributed by atoms with Gasteiger partial charge >= 0.3 is 0 Å². The first kappa shape index (κ1) is 17.6. The molecule has 3 rings (SSSR count). The van der Waals surface area contributed by atoms with Crippen LogP contribution in [0.25, 0.3) is 0 Å². The molecule has 2 aromatic carbocycles. The lowest BCUT2D eigenvalue weighted by molar-refractivity contribution is -0.384. The van der Waals surface area contributed by atoms with Crippen molar-refractivity contribution in [2.24, 2.45) is 0 Å². The Hall–Kier alpha value is -3.25. The van der Waals surface area contributed by atoms with Crippen LogP contribution >= 0.6 is 0 Å². The lowest BCUT2D eigenvalue weighted by atomic mass is 10.0. The maximum absolute atomic E-state index is 11.2. The average Bonchev–Trinajstić information content (AvgIpc) is 2.69. The number of nitro benzene ring substituents is 1. The lowest BCUT2D eigenvalue weighted by Crippen LogP contribution is -2.23. The van der Waals surface area contributed by atoms with Gasteiger partial charge in [-0.15, -0.1) is 0 Å². The Morgan fingerprint density at radius 1 is 1.08 bits per heavy atom. The Balaban J connectivity index is 1.85. The fourth-order valence-electron chi connectivity index (χ4n) is 2.85. The van der Waals surface area contributed by atoms with Crippen molar-refractivity contribution in [2.45, 2.75) is 12.6 Å². The summed E-state index contributed by atoms with van der Waals surface area (Å²) >= 11 is 0. The zero-order valence-corrected chi connectivity index (χ0v) is 14.4. The highest BCUT2D eigenvalue weighted by Crippen LogP contribution is 2.26. The van der Waals surface area contributed by atoms with Gasteiger partial charge in [0.15, 0.2) is 0 Å². The summed E-state index contributed by atoms with van der Waals surface area (Å²) in [6.45, 7) is 0.487. The predicted molar refractivity (Wildman–Crippen MR) is 102 cm³/mol. The van der Waals surface area contributed by atoms with Crippen molar-refractivity contribution < 1.29 is 4.92 Å². The molecule has 6 nitrogen and oxygen atoms in total. The smallest absolute Gasteiger partial charge is 0.292 e. The van der Waals surface area contributed by atoms with E-state index in [1.54, 1.807) is 25.4 Å². The fraction of sp³-hybridized carbons (Fsp3) is 0.150. The van der Waals surface area contributed by atoms with Crippen LogP contribution in [0.1, 0.15) is 22.9 Å². The average molecular weight is 348 g/mol. The van der Waals surface area contributed by atoms with Gasteiger partial charge in [0.1, 0.15) is 5.69 Å². The number of nitrogens with zero attached hydrogens (tertiary/aromatic N) is 2. The van der Waals surface area contributed by atoms with Gasteiger partial charge in [0.2, 0.25) is 0 Å². The van der Waals surface area contributed by atoms with Gasteiger partial charge in [0.25, 0.3) is 5.69 Å². The van der Waals surface area contributed by atoms with E-state index in [0.29, 0.717) is 12.2 Å². The van der Waals surface area contributed by atoms with Crippen molar-refractivity contribution in [2.75, 3.05) is 12.4 Å². The number of pyridine rings is 1. The SMILES string of the molecule is CNc1ccc(CNC(c2ccccc2)c2ccccn2)cc1[N+](=O)[O-]. The van der Waals surface area contributed by atoms with Crippen molar-refractivity contribution in [3.8, 4) is 0 Å². The molecule has 132 valence electrons. The van der Waals surface area contributed by atoms with Gasteiger partial charge in [-0.25, -0.2) is 0 Å². The molecule has 0 amide bonds. The topological polar surface area (TPSA) is 80.1 Å². The fourth-order valence-corrected chi connectivity index (χ4v) is 2.85. The maximum Gasteiger partial charge on any atom is 0.292 e. The number of hydrogen-bond acceptors (Lipinski definition) is 5. The van der Waals surface area contributed by atoms with Crippen molar-refractivity contribution in [1.82, 2.24) is 10.3 Å². The van der Waals surface area contributed by atoms with E-state index < -0.39 is 0 Å². The van der Waals surface area contributed by atoms with Crippen LogP contribution in [0.2, 0.25) is 0 Å². The Kier molecular flexibility index (Phi) is 5.56. The second kappa shape index (κ2) is 8.22. The third kappa shape index (κ3) is 4.04. The highest BCUT2D eigenvalue weighted by Gasteiger charge is 2.17. The molecule has 1 heterocycles. The minimum atomic E-state index is -0.372. The van der Waals surface area contributed by atoms with E-state index in [1.165, 1.54) is 0 Å². The molecule has 0 saturated heterocycles. The normalized spacial score (nSPS) is 11.7. The molecule has 6 heteroatoms. The number of aromatic nitrogens is 1. The van der Waals surface area contributed by atoms with Crippen LogP contribution < -0.4 is 10.6 Å². The Bertz CT molecular complexity index is 830. The van der Waals surface area contributed by atoms with Crippen molar-refractivity contribution >= 4 is 11.4 Å². The summed E-state index contributed by atoms with van der Waals surface area (Å²) in [5.74, 6) is 0. The zero-order chi connectivity index (χ0) is 18.4. The number of nitro groups is 1. The quantitative estimate of drug-likeness (QED) is 0.500. The summed E-state index contributed by atoms with van der Waals surface area (Å²) < 4.78 is 0. The van der Waals surface area contributed by atoms with E-state index in [9.17, 15) is 10.1 Å². The van der Waals surface area contributed by atoms with Crippen molar-refractivity contribution in [3.63, 3.8) is 0 Å². The second-order valence-corrected chi connectivity index (χ2v) is 5.84. The molecule has 3 aromatic rings.